The van der Waals surface area contributed by atoms with Gasteiger partial charge >= 0.3 is 0 Å². The topological polar surface area (TPSA) is 76.1 Å². The van der Waals surface area contributed by atoms with Crippen LogP contribution in [-0.2, 0) is 20.7 Å². The summed E-state index contributed by atoms with van der Waals surface area (Å²) in [5, 5.41) is 11.3. The van der Waals surface area contributed by atoms with Crippen LogP contribution in [0.15, 0.2) is 48.0 Å². The van der Waals surface area contributed by atoms with Crippen molar-refractivity contribution in [3.63, 3.8) is 0 Å². The van der Waals surface area contributed by atoms with Gasteiger partial charge in [-0.25, -0.2) is 0 Å². The molecule has 1 N–H and O–H groups in total. The molecule has 2 heterocycles. The van der Waals surface area contributed by atoms with Gasteiger partial charge in [0.2, 0.25) is 0 Å². The third-order valence-corrected chi connectivity index (χ3v) is 6.38. The second-order valence-corrected chi connectivity index (χ2v) is 9.12. The number of hydrogen-bond donors (Lipinski definition) is 1. The van der Waals surface area contributed by atoms with Crippen molar-refractivity contribution in [2.24, 2.45) is 0 Å². The molecule has 174 valence electrons. The van der Waals surface area contributed by atoms with Crippen LogP contribution in [0.5, 0.6) is 5.75 Å². The number of methoxy groups -OCH3 is 1. The molecule has 6 nitrogen and oxygen atoms in total. The monoisotopic (exact) mass is 449 g/mol. The molecule has 0 spiro atoms. The molecule has 2 atom stereocenters. The lowest BCUT2D eigenvalue weighted by Gasteiger charge is -2.25. The van der Waals surface area contributed by atoms with Crippen molar-refractivity contribution >= 4 is 17.4 Å². The van der Waals surface area contributed by atoms with Crippen molar-refractivity contribution < 1.29 is 24.2 Å². The zero-order valence-electron chi connectivity index (χ0n) is 19.6. The fourth-order valence-electron chi connectivity index (χ4n) is 4.62. The molecular formula is C27H31NO5. The average Bonchev–Trinajstić information content (AvgIpc) is 3.29. The Morgan fingerprint density at radius 2 is 1.91 bits per heavy atom. The maximum absolute atomic E-state index is 13.1. The van der Waals surface area contributed by atoms with E-state index < -0.39 is 17.7 Å². The number of rotatable bonds is 7. The summed E-state index contributed by atoms with van der Waals surface area (Å²) in [6.07, 6.45) is 1.41. The molecule has 6 heteroatoms. The lowest BCUT2D eigenvalue weighted by Crippen LogP contribution is -2.31. The van der Waals surface area contributed by atoms with Gasteiger partial charge in [0.25, 0.3) is 11.7 Å². The number of Topliss-reactive ketones (excluding diaryl/α,β-unsaturated/α-hetero) is 1. The first kappa shape index (κ1) is 23.1. The highest BCUT2D eigenvalue weighted by atomic mass is 16.5. The average molecular weight is 450 g/mol. The van der Waals surface area contributed by atoms with Crippen molar-refractivity contribution in [2.75, 3.05) is 20.3 Å². The Hall–Kier alpha value is -3.12. The first-order chi connectivity index (χ1) is 15.8. The number of carbonyl (C=O) groups is 2. The molecule has 0 aliphatic carbocycles. The molecule has 4 rings (SSSR count). The number of ether oxygens (including phenoxy) is 2. The van der Waals surface area contributed by atoms with Crippen LogP contribution >= 0.6 is 0 Å². The number of likely N-dealkylation sites (tertiary alicyclic amines) is 1. The predicted molar refractivity (Wildman–Crippen MR) is 126 cm³/mol. The van der Waals surface area contributed by atoms with Gasteiger partial charge in [-0.3, -0.25) is 9.59 Å². The van der Waals surface area contributed by atoms with Gasteiger partial charge in [-0.1, -0.05) is 38.1 Å². The second kappa shape index (κ2) is 9.40. The minimum absolute atomic E-state index is 0.0724. The Kier molecular flexibility index (Phi) is 6.56. The molecule has 0 radical (unpaired) electrons. The van der Waals surface area contributed by atoms with E-state index in [1.165, 1.54) is 5.56 Å². The standard InChI is InChI=1S/C27H31NO5/c1-16(2)18-6-8-19(9-7-18)24-23(26(30)27(31)28(24)12-5-13-32-4)25(29)20-10-11-22-21(15-20)14-17(3)33-22/h6-11,15-17,24,29H,5,12-14H2,1-4H3/b25-23+/t17-,24-/m0/s1. The fraction of sp³-hybridized carbons (Fsp3) is 0.407. The summed E-state index contributed by atoms with van der Waals surface area (Å²) >= 11 is 0. The van der Waals surface area contributed by atoms with E-state index >= 15 is 0 Å². The molecule has 2 aliphatic rings. The molecule has 1 fully saturated rings. The van der Waals surface area contributed by atoms with Crippen LogP contribution in [0.4, 0.5) is 0 Å². The van der Waals surface area contributed by atoms with E-state index in [0.29, 0.717) is 31.1 Å². The molecule has 0 bridgehead atoms. The maximum atomic E-state index is 13.1. The summed E-state index contributed by atoms with van der Waals surface area (Å²) in [4.78, 5) is 27.7. The Bertz CT molecular complexity index is 1090. The van der Waals surface area contributed by atoms with E-state index in [-0.39, 0.29) is 17.4 Å². The van der Waals surface area contributed by atoms with Crippen LogP contribution in [0.1, 0.15) is 61.4 Å². The number of carbonyl (C=O) groups excluding carboxylic acids is 2. The van der Waals surface area contributed by atoms with Crippen LogP contribution in [0, 0.1) is 0 Å². The van der Waals surface area contributed by atoms with Crippen molar-refractivity contribution in [3.8, 4) is 5.75 Å². The third-order valence-electron chi connectivity index (χ3n) is 6.38. The minimum atomic E-state index is -0.659. The van der Waals surface area contributed by atoms with E-state index in [0.717, 1.165) is 23.3 Å². The predicted octanol–water partition coefficient (Wildman–Crippen LogP) is 4.59. The molecule has 1 saturated heterocycles. The van der Waals surface area contributed by atoms with Crippen molar-refractivity contribution in [3.05, 3.63) is 70.3 Å². The number of aliphatic hydroxyl groups excluding tert-OH is 1. The minimum Gasteiger partial charge on any atom is -0.507 e. The lowest BCUT2D eigenvalue weighted by atomic mass is 9.92. The quantitative estimate of drug-likeness (QED) is 0.290. The highest BCUT2D eigenvalue weighted by Crippen LogP contribution is 2.41. The van der Waals surface area contributed by atoms with Crippen molar-refractivity contribution in [1.82, 2.24) is 4.90 Å². The van der Waals surface area contributed by atoms with Gasteiger partial charge in [-0.2, -0.15) is 0 Å². The summed E-state index contributed by atoms with van der Waals surface area (Å²) in [7, 11) is 1.61. The van der Waals surface area contributed by atoms with Gasteiger partial charge in [-0.05, 0) is 54.2 Å². The largest absolute Gasteiger partial charge is 0.507 e. The summed E-state index contributed by atoms with van der Waals surface area (Å²) in [6, 6.07) is 12.7. The molecule has 2 aromatic carbocycles. The smallest absolute Gasteiger partial charge is 0.295 e. The van der Waals surface area contributed by atoms with E-state index in [1.807, 2.05) is 43.3 Å². The molecular weight excluding hydrogens is 418 g/mol. The molecule has 33 heavy (non-hydrogen) atoms. The Balaban J connectivity index is 1.79. The number of hydrogen-bond acceptors (Lipinski definition) is 5. The van der Waals surface area contributed by atoms with Gasteiger partial charge in [0.15, 0.2) is 0 Å². The molecule has 0 saturated carbocycles. The molecule has 0 unspecified atom stereocenters. The lowest BCUT2D eigenvalue weighted by molar-refractivity contribution is -0.140. The summed E-state index contributed by atoms with van der Waals surface area (Å²) in [5.41, 5.74) is 3.60. The Morgan fingerprint density at radius 1 is 1.18 bits per heavy atom. The van der Waals surface area contributed by atoms with Gasteiger partial charge in [0.1, 0.15) is 17.6 Å². The number of nitrogens with zero attached hydrogens (tertiary/aromatic N) is 1. The van der Waals surface area contributed by atoms with Gasteiger partial charge < -0.3 is 19.5 Å². The normalized spacial score (nSPS) is 21.5. The number of amides is 1. The van der Waals surface area contributed by atoms with Crippen LogP contribution < -0.4 is 4.74 Å². The molecule has 2 aliphatic heterocycles. The van der Waals surface area contributed by atoms with Crippen molar-refractivity contribution in [1.29, 1.82) is 0 Å². The van der Waals surface area contributed by atoms with E-state index in [4.69, 9.17) is 9.47 Å². The molecule has 1 amide bonds. The molecule has 2 aromatic rings. The van der Waals surface area contributed by atoms with E-state index in [9.17, 15) is 14.7 Å². The summed E-state index contributed by atoms with van der Waals surface area (Å²) in [6.45, 7) is 7.06. The number of fused-ring (bicyclic) bond motifs is 1. The van der Waals surface area contributed by atoms with Crippen LogP contribution in [0.2, 0.25) is 0 Å². The van der Waals surface area contributed by atoms with Crippen LogP contribution in [0.3, 0.4) is 0 Å². The van der Waals surface area contributed by atoms with Crippen LogP contribution in [-0.4, -0.2) is 48.1 Å². The Morgan fingerprint density at radius 3 is 2.58 bits per heavy atom. The zero-order chi connectivity index (χ0) is 23.7. The highest BCUT2D eigenvalue weighted by Gasteiger charge is 2.45. The summed E-state index contributed by atoms with van der Waals surface area (Å²) < 4.78 is 10.9. The highest BCUT2D eigenvalue weighted by molar-refractivity contribution is 6.46. The molecule has 0 aromatic heterocycles. The SMILES string of the molecule is COCCCN1C(=O)C(=O)/C(=C(/O)c2ccc3c(c2)C[C@H](C)O3)[C@@H]1c1ccc(C(C)C)cc1. The van der Waals surface area contributed by atoms with Crippen LogP contribution in [0.25, 0.3) is 5.76 Å². The first-order valence-electron chi connectivity index (χ1n) is 11.5. The first-order valence-corrected chi connectivity index (χ1v) is 11.5. The number of benzene rings is 2. The zero-order valence-corrected chi connectivity index (χ0v) is 19.6. The third kappa shape index (κ3) is 4.40. The fourth-order valence-corrected chi connectivity index (χ4v) is 4.62. The Labute approximate surface area is 194 Å². The van der Waals surface area contributed by atoms with Gasteiger partial charge in [0, 0.05) is 32.2 Å². The van der Waals surface area contributed by atoms with E-state index in [1.54, 1.807) is 18.1 Å². The number of ketones is 1. The second-order valence-electron chi connectivity index (χ2n) is 9.12. The van der Waals surface area contributed by atoms with Crippen molar-refractivity contribution in [2.45, 2.75) is 51.7 Å². The van der Waals surface area contributed by atoms with Gasteiger partial charge in [-0.15, -0.1) is 0 Å². The number of aliphatic hydroxyl groups is 1. The van der Waals surface area contributed by atoms with Gasteiger partial charge in [0.05, 0.1) is 11.6 Å². The van der Waals surface area contributed by atoms with E-state index in [2.05, 4.69) is 13.8 Å². The maximum Gasteiger partial charge on any atom is 0.295 e. The summed E-state index contributed by atoms with van der Waals surface area (Å²) in [5.74, 6) is -0.248.